The van der Waals surface area contributed by atoms with E-state index in [0.29, 0.717) is 17.8 Å². The third-order valence-corrected chi connectivity index (χ3v) is 3.89. The fraction of sp³-hybridized carbons (Fsp3) is 0.308. The number of aliphatic hydroxyl groups excluding tert-OH is 1. The largest absolute Gasteiger partial charge is 0.396 e. The van der Waals surface area contributed by atoms with Crippen molar-refractivity contribution < 1.29 is 10.0 Å². The molecule has 1 atom stereocenters. The van der Waals surface area contributed by atoms with Gasteiger partial charge in [0.05, 0.1) is 11.0 Å². The maximum atomic E-state index is 10.8. The molecule has 0 bridgehead atoms. The van der Waals surface area contributed by atoms with E-state index in [0.717, 1.165) is 4.88 Å². The van der Waals surface area contributed by atoms with Crippen molar-refractivity contribution in [3.63, 3.8) is 0 Å². The highest BCUT2D eigenvalue weighted by atomic mass is 32.1. The van der Waals surface area contributed by atoms with Crippen molar-refractivity contribution in [2.75, 3.05) is 11.9 Å². The van der Waals surface area contributed by atoms with Crippen molar-refractivity contribution in [3.8, 4) is 0 Å². The first-order valence-corrected chi connectivity index (χ1v) is 7.01. The maximum Gasteiger partial charge on any atom is 0.290 e. The molecule has 1 unspecified atom stereocenters. The maximum absolute atomic E-state index is 10.8. The number of thiophene rings is 1. The molecule has 0 amide bonds. The number of anilines is 1. The van der Waals surface area contributed by atoms with Gasteiger partial charge < -0.3 is 10.4 Å². The van der Waals surface area contributed by atoms with E-state index in [1.165, 1.54) is 6.20 Å². The van der Waals surface area contributed by atoms with Crippen molar-refractivity contribution in [2.45, 2.75) is 19.4 Å². The first kappa shape index (κ1) is 14.4. The van der Waals surface area contributed by atoms with E-state index in [2.05, 4.69) is 10.3 Å². The number of nitrogens with one attached hydrogen (secondary N) is 1. The van der Waals surface area contributed by atoms with Gasteiger partial charge >= 0.3 is 0 Å². The Kier molecular flexibility index (Phi) is 4.65. The van der Waals surface area contributed by atoms with Crippen LogP contribution in [0, 0.1) is 17.0 Å². The summed E-state index contributed by atoms with van der Waals surface area (Å²) in [6, 6.07) is 5.53. The Morgan fingerprint density at radius 2 is 2.40 bits per heavy atom. The average molecular weight is 293 g/mol. The Labute approximate surface area is 120 Å². The average Bonchev–Trinajstić information content (AvgIpc) is 2.91. The van der Waals surface area contributed by atoms with E-state index in [9.17, 15) is 10.1 Å². The summed E-state index contributed by atoms with van der Waals surface area (Å²) < 4.78 is 0. The zero-order valence-corrected chi connectivity index (χ0v) is 11.8. The fourth-order valence-corrected chi connectivity index (χ4v) is 2.71. The molecule has 0 aliphatic heterocycles. The number of aliphatic hydroxyl groups is 1. The third kappa shape index (κ3) is 3.31. The van der Waals surface area contributed by atoms with Crippen molar-refractivity contribution in [1.82, 2.24) is 4.98 Å². The summed E-state index contributed by atoms with van der Waals surface area (Å²) >= 11 is 1.59. The van der Waals surface area contributed by atoms with Crippen molar-refractivity contribution in [3.05, 3.63) is 50.3 Å². The van der Waals surface area contributed by atoms with Crippen LogP contribution in [0.25, 0.3) is 0 Å². The molecular weight excluding hydrogens is 278 g/mol. The Morgan fingerprint density at radius 1 is 1.60 bits per heavy atom. The van der Waals surface area contributed by atoms with Gasteiger partial charge in [-0.1, -0.05) is 6.07 Å². The molecule has 2 heterocycles. The second-order valence-corrected chi connectivity index (χ2v) is 5.32. The van der Waals surface area contributed by atoms with Crippen LogP contribution in [0.1, 0.15) is 22.9 Å². The second kappa shape index (κ2) is 6.44. The Bertz CT molecular complexity index is 587. The van der Waals surface area contributed by atoms with Crippen molar-refractivity contribution >= 4 is 22.8 Å². The van der Waals surface area contributed by atoms with E-state index in [4.69, 9.17) is 5.11 Å². The van der Waals surface area contributed by atoms with Gasteiger partial charge in [0.25, 0.3) is 5.69 Å². The number of rotatable bonds is 6. The highest BCUT2D eigenvalue weighted by Crippen LogP contribution is 2.27. The minimum Gasteiger partial charge on any atom is -0.396 e. The molecule has 20 heavy (non-hydrogen) atoms. The number of hydrogen-bond acceptors (Lipinski definition) is 6. The highest BCUT2D eigenvalue weighted by molar-refractivity contribution is 7.10. The van der Waals surface area contributed by atoms with Crippen LogP contribution >= 0.6 is 11.3 Å². The summed E-state index contributed by atoms with van der Waals surface area (Å²) in [6.07, 6.45) is 1.81. The van der Waals surface area contributed by atoms with Crippen LogP contribution in [0.3, 0.4) is 0 Å². The fourth-order valence-electron chi connectivity index (χ4n) is 1.90. The lowest BCUT2D eigenvalue weighted by Gasteiger charge is -2.17. The first-order chi connectivity index (χ1) is 9.61. The molecule has 0 saturated carbocycles. The highest BCUT2D eigenvalue weighted by Gasteiger charge is 2.15. The number of aryl methyl sites for hydroxylation is 1. The molecule has 0 radical (unpaired) electrons. The number of hydrogen-bond donors (Lipinski definition) is 2. The second-order valence-electron chi connectivity index (χ2n) is 4.34. The van der Waals surface area contributed by atoms with Gasteiger partial charge in [-0.3, -0.25) is 10.1 Å². The summed E-state index contributed by atoms with van der Waals surface area (Å²) in [7, 11) is 0. The van der Waals surface area contributed by atoms with Crippen LogP contribution in [-0.4, -0.2) is 21.6 Å². The van der Waals surface area contributed by atoms with Crippen LogP contribution in [0.4, 0.5) is 11.5 Å². The zero-order valence-electron chi connectivity index (χ0n) is 10.9. The van der Waals surface area contributed by atoms with Gasteiger partial charge in [-0.05, 0) is 30.9 Å². The van der Waals surface area contributed by atoms with Gasteiger partial charge in [-0.25, -0.2) is 4.98 Å². The third-order valence-electron chi connectivity index (χ3n) is 2.91. The summed E-state index contributed by atoms with van der Waals surface area (Å²) in [5.74, 6) is 0.569. The summed E-state index contributed by atoms with van der Waals surface area (Å²) in [5.41, 5.74) is 0.562. The Hall–Kier alpha value is -1.99. The lowest BCUT2D eigenvalue weighted by Crippen LogP contribution is -2.12. The molecule has 2 rings (SSSR count). The van der Waals surface area contributed by atoms with Crippen LogP contribution in [-0.2, 0) is 0 Å². The van der Waals surface area contributed by atoms with E-state index >= 15 is 0 Å². The molecule has 2 aromatic rings. The minimum absolute atomic E-state index is 0.00498. The molecule has 0 fully saturated rings. The number of pyridine rings is 1. The topological polar surface area (TPSA) is 88.3 Å². The molecule has 106 valence electrons. The van der Waals surface area contributed by atoms with E-state index in [1.54, 1.807) is 24.3 Å². The molecular formula is C13H15N3O3S. The van der Waals surface area contributed by atoms with Crippen molar-refractivity contribution in [1.29, 1.82) is 0 Å². The van der Waals surface area contributed by atoms with E-state index in [-0.39, 0.29) is 18.3 Å². The molecule has 0 saturated heterocycles. The van der Waals surface area contributed by atoms with E-state index in [1.807, 2.05) is 17.5 Å². The SMILES string of the molecule is Cc1cc(NC(CCO)c2cccs2)ncc1[N+](=O)[O-]. The number of aromatic nitrogens is 1. The molecule has 2 N–H and O–H groups in total. The molecule has 0 aromatic carbocycles. The predicted molar refractivity (Wildman–Crippen MR) is 78.0 cm³/mol. The van der Waals surface area contributed by atoms with Crippen LogP contribution < -0.4 is 5.32 Å². The predicted octanol–water partition coefficient (Wildman–Crippen LogP) is 2.90. The summed E-state index contributed by atoms with van der Waals surface area (Å²) in [4.78, 5) is 15.5. The van der Waals surface area contributed by atoms with Gasteiger partial charge in [-0.15, -0.1) is 11.3 Å². The van der Waals surface area contributed by atoms with Crippen LogP contribution in [0.5, 0.6) is 0 Å². The smallest absolute Gasteiger partial charge is 0.290 e. The number of nitrogens with zero attached hydrogens (tertiary/aromatic N) is 2. The van der Waals surface area contributed by atoms with Gasteiger partial charge in [0.2, 0.25) is 0 Å². The van der Waals surface area contributed by atoms with E-state index < -0.39 is 4.92 Å². The monoisotopic (exact) mass is 293 g/mol. The normalized spacial score (nSPS) is 12.1. The number of nitro groups is 1. The van der Waals surface area contributed by atoms with Gasteiger partial charge in [0, 0.05) is 17.0 Å². The summed E-state index contributed by atoms with van der Waals surface area (Å²) in [6.45, 7) is 1.73. The van der Waals surface area contributed by atoms with Gasteiger partial charge in [0.15, 0.2) is 0 Å². The molecule has 7 heteroatoms. The molecule has 0 aliphatic carbocycles. The molecule has 2 aromatic heterocycles. The van der Waals surface area contributed by atoms with Gasteiger partial charge in [0.1, 0.15) is 12.0 Å². The summed E-state index contributed by atoms with van der Waals surface area (Å²) in [5, 5.41) is 25.1. The molecule has 0 spiro atoms. The lowest BCUT2D eigenvalue weighted by molar-refractivity contribution is -0.385. The lowest BCUT2D eigenvalue weighted by atomic mass is 10.1. The van der Waals surface area contributed by atoms with Crippen LogP contribution in [0.2, 0.25) is 0 Å². The minimum atomic E-state index is -0.448. The Balaban J connectivity index is 2.19. The first-order valence-electron chi connectivity index (χ1n) is 6.13. The zero-order chi connectivity index (χ0) is 14.5. The quantitative estimate of drug-likeness (QED) is 0.631. The molecule has 0 aliphatic rings. The van der Waals surface area contributed by atoms with Gasteiger partial charge in [-0.2, -0.15) is 0 Å². The van der Waals surface area contributed by atoms with Crippen molar-refractivity contribution in [2.24, 2.45) is 0 Å². The van der Waals surface area contributed by atoms with Crippen LogP contribution in [0.15, 0.2) is 29.8 Å². The standard InChI is InChI=1S/C13H15N3O3S/c1-9-7-13(14-8-11(9)16(18)19)15-10(4-5-17)12-3-2-6-20-12/h2-3,6-8,10,17H,4-5H2,1H3,(H,14,15). The molecule has 6 nitrogen and oxygen atoms in total. The Morgan fingerprint density at radius 3 is 2.95 bits per heavy atom.